The number of aliphatic imine (C=N–C) groups is 1. The molecule has 0 aliphatic carbocycles. The first kappa shape index (κ1) is 25.8. The molecule has 1 aromatic carbocycles. The van der Waals surface area contributed by atoms with Crippen molar-refractivity contribution in [2.45, 2.75) is 44.4 Å². The van der Waals surface area contributed by atoms with E-state index in [1.807, 2.05) is 12.1 Å². The smallest absolute Gasteiger partial charge is 0.253 e. The molecule has 1 unspecified atom stereocenters. The summed E-state index contributed by atoms with van der Waals surface area (Å²) in [4.78, 5) is 22.6. The van der Waals surface area contributed by atoms with Gasteiger partial charge in [-0.05, 0) is 56.5 Å². The Morgan fingerprint density at radius 3 is 2.89 bits per heavy atom. The molecule has 2 atom stereocenters. The Bertz CT molecular complexity index is 974. The molecule has 190 valence electrons. The molecular weight excluding hydrogens is 465 g/mol. The Balaban J connectivity index is 1.49. The number of anilines is 1. The molecule has 7 nitrogen and oxygen atoms in total. The lowest BCUT2D eigenvalue weighted by Gasteiger charge is -2.19. The number of carbonyl (C=O) groups excluding carboxylic acids is 1. The third kappa shape index (κ3) is 6.67. The molecular formula is C26H36FN5O2S. The third-order valence-corrected chi connectivity index (χ3v) is 7.81. The molecule has 9 heteroatoms. The molecule has 4 rings (SSSR count). The average molecular weight is 502 g/mol. The highest BCUT2D eigenvalue weighted by molar-refractivity contribution is 8.14. The van der Waals surface area contributed by atoms with Crippen molar-refractivity contribution in [2.75, 3.05) is 57.6 Å². The van der Waals surface area contributed by atoms with Crippen LogP contribution in [0.2, 0.25) is 0 Å². The fourth-order valence-electron chi connectivity index (χ4n) is 4.72. The number of hydrogen-bond donors (Lipinski definition) is 2. The predicted octanol–water partition coefficient (Wildman–Crippen LogP) is 3.64. The van der Waals surface area contributed by atoms with Gasteiger partial charge in [-0.1, -0.05) is 24.4 Å². The number of rotatable bonds is 10. The molecule has 3 heterocycles. The highest BCUT2D eigenvalue weighted by Gasteiger charge is 2.31. The Hall–Kier alpha value is -2.32. The number of alkyl halides is 1. The zero-order valence-electron chi connectivity index (χ0n) is 20.5. The van der Waals surface area contributed by atoms with Gasteiger partial charge >= 0.3 is 0 Å². The highest BCUT2D eigenvalue weighted by Crippen LogP contribution is 2.29. The van der Waals surface area contributed by atoms with Gasteiger partial charge in [-0.25, -0.2) is 0 Å². The number of likely N-dealkylation sites (tertiary alicyclic amines) is 2. The van der Waals surface area contributed by atoms with E-state index in [1.165, 1.54) is 12.8 Å². The minimum atomic E-state index is -0.453. The molecule has 2 saturated heterocycles. The molecule has 0 aromatic heterocycles. The summed E-state index contributed by atoms with van der Waals surface area (Å²) in [6, 6.07) is 5.84. The Labute approximate surface area is 211 Å². The lowest BCUT2D eigenvalue weighted by atomic mass is 10.1. The molecule has 1 aromatic rings. The number of amidine groups is 1. The van der Waals surface area contributed by atoms with Crippen molar-refractivity contribution in [3.8, 4) is 0 Å². The van der Waals surface area contributed by atoms with E-state index in [1.54, 1.807) is 18.9 Å². The number of thioether (sulfide) groups is 1. The first-order valence-corrected chi connectivity index (χ1v) is 13.4. The van der Waals surface area contributed by atoms with E-state index in [9.17, 15) is 9.18 Å². The van der Waals surface area contributed by atoms with E-state index in [4.69, 9.17) is 9.73 Å². The van der Waals surface area contributed by atoms with Crippen molar-refractivity contribution in [2.24, 2.45) is 4.99 Å². The number of carbonyl (C=O) groups is 1. The molecule has 0 saturated carbocycles. The number of methoxy groups -OCH3 is 1. The topological polar surface area (TPSA) is 69.2 Å². The molecule has 3 aliphatic rings. The molecule has 3 aliphatic heterocycles. The van der Waals surface area contributed by atoms with Crippen LogP contribution in [0.25, 0.3) is 0 Å². The summed E-state index contributed by atoms with van der Waals surface area (Å²) >= 11 is 1.73. The largest absolute Gasteiger partial charge is 0.380 e. The van der Waals surface area contributed by atoms with Crippen LogP contribution in [0, 0.1) is 0 Å². The Morgan fingerprint density at radius 2 is 2.17 bits per heavy atom. The Kier molecular flexibility index (Phi) is 9.26. The second kappa shape index (κ2) is 12.6. The number of halogens is 1. The number of ether oxygens (including phenoxy) is 1. The summed E-state index contributed by atoms with van der Waals surface area (Å²) in [5.41, 5.74) is 6.10. The van der Waals surface area contributed by atoms with Gasteiger partial charge in [-0.3, -0.25) is 19.1 Å². The third-order valence-electron chi connectivity index (χ3n) is 6.71. The lowest BCUT2D eigenvalue weighted by molar-refractivity contribution is 0.0953. The van der Waals surface area contributed by atoms with Crippen LogP contribution >= 0.6 is 11.8 Å². The van der Waals surface area contributed by atoms with Crippen LogP contribution in [0.5, 0.6) is 0 Å². The zero-order chi connectivity index (χ0) is 24.6. The van der Waals surface area contributed by atoms with Gasteiger partial charge in [-0.15, -0.1) is 5.73 Å². The van der Waals surface area contributed by atoms with Crippen LogP contribution in [0.4, 0.5) is 10.1 Å². The number of nitrogens with zero attached hydrogens (tertiary/aromatic N) is 3. The van der Waals surface area contributed by atoms with E-state index in [0.29, 0.717) is 24.2 Å². The van der Waals surface area contributed by atoms with Crippen LogP contribution in [-0.2, 0) is 11.3 Å². The van der Waals surface area contributed by atoms with E-state index in [0.717, 1.165) is 61.3 Å². The first-order chi connectivity index (χ1) is 17.1. The van der Waals surface area contributed by atoms with Crippen LogP contribution in [-0.4, -0.2) is 85.3 Å². The number of nitrogens with one attached hydrogen (secondary N) is 2. The van der Waals surface area contributed by atoms with Gasteiger partial charge in [0, 0.05) is 39.0 Å². The minimum Gasteiger partial charge on any atom is -0.380 e. The predicted molar refractivity (Wildman–Crippen MR) is 141 cm³/mol. The van der Waals surface area contributed by atoms with E-state index >= 15 is 0 Å². The lowest BCUT2D eigenvalue weighted by Crippen LogP contribution is -2.27. The highest BCUT2D eigenvalue weighted by atomic mass is 32.2. The summed E-state index contributed by atoms with van der Waals surface area (Å²) in [5.74, 6) is 0.583. The molecule has 2 fully saturated rings. The maximum atomic E-state index is 13.0. The van der Waals surface area contributed by atoms with Gasteiger partial charge in [0.05, 0.1) is 29.7 Å². The maximum absolute atomic E-state index is 13.0. The van der Waals surface area contributed by atoms with Crippen molar-refractivity contribution in [1.82, 2.24) is 15.1 Å². The quantitative estimate of drug-likeness (QED) is 0.377. The summed E-state index contributed by atoms with van der Waals surface area (Å²) in [6.45, 7) is 8.53. The normalized spacial score (nSPS) is 22.2. The van der Waals surface area contributed by atoms with Crippen molar-refractivity contribution in [3.63, 3.8) is 0 Å². The fourth-order valence-corrected chi connectivity index (χ4v) is 5.81. The molecule has 0 radical (unpaired) electrons. The fraction of sp³-hybridized carbons (Fsp3) is 0.577. The number of hydrogen-bond acceptors (Lipinski definition) is 7. The molecule has 1 amide bonds. The number of amides is 1. The summed E-state index contributed by atoms with van der Waals surface area (Å²) in [7, 11) is 1.75. The number of benzene rings is 1. The van der Waals surface area contributed by atoms with Crippen LogP contribution < -0.4 is 10.6 Å². The SMILES string of the molecule is C=C=C(Nc1ccc(CN2CCCC2)cc1C(=O)NCCCF)C1CSC(N2CC[C@H](OC)C2)=N1. The maximum Gasteiger partial charge on any atom is 0.253 e. The van der Waals surface area contributed by atoms with E-state index in [-0.39, 0.29) is 18.1 Å². The van der Waals surface area contributed by atoms with Crippen LogP contribution in [0.15, 0.2) is 41.2 Å². The van der Waals surface area contributed by atoms with Crippen molar-refractivity contribution < 1.29 is 13.9 Å². The molecule has 2 N–H and O–H groups in total. The van der Waals surface area contributed by atoms with Crippen LogP contribution in [0.1, 0.15) is 41.6 Å². The van der Waals surface area contributed by atoms with Gasteiger partial charge in [0.25, 0.3) is 5.91 Å². The molecule has 0 spiro atoms. The second-order valence-corrected chi connectivity index (χ2v) is 10.2. The van der Waals surface area contributed by atoms with Gasteiger partial charge in [0.15, 0.2) is 5.17 Å². The van der Waals surface area contributed by atoms with Gasteiger partial charge in [0.1, 0.15) is 6.04 Å². The monoisotopic (exact) mass is 501 g/mol. The zero-order valence-corrected chi connectivity index (χ0v) is 21.3. The Morgan fingerprint density at radius 1 is 1.34 bits per heavy atom. The van der Waals surface area contributed by atoms with E-state index in [2.05, 4.69) is 38.8 Å². The molecule has 0 bridgehead atoms. The van der Waals surface area contributed by atoms with Crippen molar-refractivity contribution in [1.29, 1.82) is 0 Å². The van der Waals surface area contributed by atoms with Crippen LogP contribution in [0.3, 0.4) is 0 Å². The summed E-state index contributed by atoms with van der Waals surface area (Å²) in [5, 5.41) is 7.26. The van der Waals surface area contributed by atoms with Gasteiger partial charge < -0.3 is 20.3 Å². The summed E-state index contributed by atoms with van der Waals surface area (Å²) < 4.78 is 18.1. The van der Waals surface area contributed by atoms with E-state index < -0.39 is 6.67 Å². The molecule has 35 heavy (non-hydrogen) atoms. The van der Waals surface area contributed by atoms with Gasteiger partial charge in [-0.2, -0.15) is 0 Å². The van der Waals surface area contributed by atoms with Crippen molar-refractivity contribution in [3.05, 3.63) is 47.3 Å². The summed E-state index contributed by atoms with van der Waals surface area (Å²) in [6.07, 6.45) is 4.00. The first-order valence-electron chi connectivity index (χ1n) is 12.5. The average Bonchev–Trinajstić information content (AvgIpc) is 3.65. The minimum absolute atomic E-state index is 0.110. The second-order valence-electron chi connectivity index (χ2n) is 9.21. The van der Waals surface area contributed by atoms with Gasteiger partial charge in [0.2, 0.25) is 0 Å². The standard InChI is InChI=1S/C26H36FN5O2S/c1-3-22(24-18-35-26(30-24)32-14-9-20(17-32)34-2)29-23-8-7-19(16-31-12-4-5-13-31)15-21(23)25(33)28-11-6-10-27/h7-8,15,20,24,29H,1,4-6,9-14,16-18H2,2H3,(H,28,33)/t20-,24?/m0/s1. The van der Waals surface area contributed by atoms with Crippen molar-refractivity contribution >= 4 is 28.5 Å².